The lowest BCUT2D eigenvalue weighted by molar-refractivity contribution is -0.385. The van der Waals surface area contributed by atoms with E-state index < -0.39 is 10.9 Å². The third-order valence-electron chi connectivity index (χ3n) is 2.78. The maximum absolute atomic E-state index is 11.7. The Kier molecular flexibility index (Phi) is 3.07. The summed E-state index contributed by atoms with van der Waals surface area (Å²) in [7, 11) is 0. The van der Waals surface area contributed by atoms with Crippen LogP contribution in [0, 0.1) is 10.1 Å². The lowest BCUT2D eigenvalue weighted by Crippen LogP contribution is -2.04. The van der Waals surface area contributed by atoms with Crippen molar-refractivity contribution in [1.82, 2.24) is 0 Å². The van der Waals surface area contributed by atoms with Crippen LogP contribution in [0.1, 0.15) is 11.3 Å². The Morgan fingerprint density at radius 1 is 1.19 bits per heavy atom. The highest BCUT2D eigenvalue weighted by molar-refractivity contribution is 6.12. The minimum Gasteiger partial charge on any atom is -0.459 e. The van der Waals surface area contributed by atoms with Crippen molar-refractivity contribution >= 4 is 23.6 Å². The highest BCUT2D eigenvalue weighted by Gasteiger charge is 2.26. The molecule has 0 saturated carbocycles. The van der Waals surface area contributed by atoms with Crippen molar-refractivity contribution in [2.45, 2.75) is 0 Å². The summed E-state index contributed by atoms with van der Waals surface area (Å²) in [5.74, 6) is -0.330. The van der Waals surface area contributed by atoms with E-state index in [4.69, 9.17) is 9.15 Å². The second-order valence-electron chi connectivity index (χ2n) is 4.13. The third kappa shape index (κ3) is 2.44. The van der Waals surface area contributed by atoms with Crippen LogP contribution in [-0.4, -0.2) is 16.8 Å². The summed E-state index contributed by atoms with van der Waals surface area (Å²) in [6.07, 6.45) is 2.74. The highest BCUT2D eigenvalue weighted by Crippen LogP contribution is 2.24. The first-order valence-electron chi connectivity index (χ1n) is 5.95. The largest absolute Gasteiger partial charge is 0.459 e. The summed E-state index contributed by atoms with van der Waals surface area (Å²) in [6.45, 7) is 0. The predicted octanol–water partition coefficient (Wildman–Crippen LogP) is 2.53. The van der Waals surface area contributed by atoms with Gasteiger partial charge in [0, 0.05) is 6.07 Å². The van der Waals surface area contributed by atoms with Crippen LogP contribution in [0.5, 0.6) is 0 Å². The van der Waals surface area contributed by atoms with Gasteiger partial charge in [0.15, 0.2) is 11.5 Å². The molecular weight excluding hydrogens is 276 g/mol. The summed E-state index contributed by atoms with van der Waals surface area (Å²) >= 11 is 0. The van der Waals surface area contributed by atoms with Gasteiger partial charge in [0.1, 0.15) is 0 Å². The number of carbonyl (C=O) groups is 1. The fourth-order valence-electron chi connectivity index (χ4n) is 1.84. The number of benzene rings is 1. The van der Waals surface area contributed by atoms with Crippen molar-refractivity contribution < 1.29 is 18.9 Å². The molecule has 2 heterocycles. The van der Waals surface area contributed by atoms with Crippen LogP contribution < -0.4 is 0 Å². The minimum absolute atomic E-state index is 0.0179. The monoisotopic (exact) mass is 284 g/mol. The fraction of sp³-hybridized carbons (Fsp3) is 0. The second-order valence-corrected chi connectivity index (χ2v) is 4.13. The van der Waals surface area contributed by atoms with Crippen LogP contribution in [0.3, 0.4) is 0 Å². The Bertz CT molecular complexity index is 774. The molecule has 0 bridgehead atoms. The van der Waals surface area contributed by atoms with Crippen LogP contribution in [0.25, 0.3) is 6.08 Å². The van der Waals surface area contributed by atoms with Crippen molar-refractivity contribution in [1.29, 1.82) is 0 Å². The van der Waals surface area contributed by atoms with E-state index in [1.165, 1.54) is 24.5 Å². The standard InChI is InChI=1S/C14H8N2O5/c17-14-10(15-13(21-14)12-6-3-7-20-12)8-9-4-1-2-5-11(9)16(18)19/h1-8H. The molecule has 7 heteroatoms. The highest BCUT2D eigenvalue weighted by atomic mass is 16.6. The molecule has 0 amide bonds. The molecule has 104 valence electrons. The lowest BCUT2D eigenvalue weighted by atomic mass is 10.1. The zero-order chi connectivity index (χ0) is 14.8. The predicted molar refractivity (Wildman–Crippen MR) is 72.4 cm³/mol. The van der Waals surface area contributed by atoms with Gasteiger partial charge >= 0.3 is 5.97 Å². The molecule has 1 aliphatic heterocycles. The summed E-state index contributed by atoms with van der Waals surface area (Å²) < 4.78 is 10.1. The molecule has 21 heavy (non-hydrogen) atoms. The van der Waals surface area contributed by atoms with Crippen molar-refractivity contribution in [2.24, 2.45) is 4.99 Å². The van der Waals surface area contributed by atoms with Gasteiger partial charge in [0.05, 0.1) is 16.7 Å². The number of carbonyl (C=O) groups excluding carboxylic acids is 1. The minimum atomic E-state index is -0.681. The van der Waals surface area contributed by atoms with Gasteiger partial charge in [-0.1, -0.05) is 12.1 Å². The van der Waals surface area contributed by atoms with Gasteiger partial charge in [-0.3, -0.25) is 10.1 Å². The van der Waals surface area contributed by atoms with Crippen LogP contribution in [-0.2, 0) is 9.53 Å². The molecule has 0 fully saturated rings. The van der Waals surface area contributed by atoms with E-state index >= 15 is 0 Å². The molecule has 0 radical (unpaired) electrons. The van der Waals surface area contributed by atoms with Crippen molar-refractivity contribution in [2.75, 3.05) is 0 Å². The Morgan fingerprint density at radius 2 is 2.00 bits per heavy atom. The van der Waals surface area contributed by atoms with Crippen LogP contribution >= 0.6 is 0 Å². The average Bonchev–Trinajstić information content (AvgIpc) is 3.10. The first-order chi connectivity index (χ1) is 10.1. The molecule has 1 aromatic carbocycles. The SMILES string of the molecule is O=C1OC(c2ccco2)=NC1=Cc1ccccc1[N+](=O)[O-]. The molecule has 2 aromatic rings. The number of nitro benzene ring substituents is 1. The first kappa shape index (κ1) is 12.8. The van der Waals surface area contributed by atoms with Gasteiger partial charge in [-0.15, -0.1) is 0 Å². The number of nitro groups is 1. The van der Waals surface area contributed by atoms with E-state index in [9.17, 15) is 14.9 Å². The molecule has 7 nitrogen and oxygen atoms in total. The van der Waals surface area contributed by atoms with Crippen molar-refractivity contribution in [3.8, 4) is 0 Å². The maximum Gasteiger partial charge on any atom is 0.363 e. The molecular formula is C14H8N2O5. The molecule has 1 aliphatic rings. The van der Waals surface area contributed by atoms with Crippen molar-refractivity contribution in [3.63, 3.8) is 0 Å². The molecule has 0 spiro atoms. The van der Waals surface area contributed by atoms with Crippen LogP contribution in [0.2, 0.25) is 0 Å². The topological polar surface area (TPSA) is 94.9 Å². The Hall–Kier alpha value is -3.22. The fourth-order valence-corrected chi connectivity index (χ4v) is 1.84. The molecule has 0 unspecified atom stereocenters. The number of ether oxygens (including phenoxy) is 1. The number of rotatable bonds is 3. The van der Waals surface area contributed by atoms with E-state index in [0.29, 0.717) is 5.76 Å². The van der Waals surface area contributed by atoms with E-state index in [0.717, 1.165) is 0 Å². The smallest absolute Gasteiger partial charge is 0.363 e. The summed E-state index contributed by atoms with van der Waals surface area (Å²) in [6, 6.07) is 9.29. The van der Waals surface area contributed by atoms with Gasteiger partial charge in [0.25, 0.3) is 11.6 Å². The zero-order valence-corrected chi connectivity index (χ0v) is 10.6. The van der Waals surface area contributed by atoms with Crippen LogP contribution in [0.4, 0.5) is 5.69 Å². The number of esters is 1. The Labute approximate surface area is 118 Å². The maximum atomic E-state index is 11.7. The number of nitrogens with zero attached hydrogens (tertiary/aromatic N) is 2. The number of hydrogen-bond acceptors (Lipinski definition) is 6. The Morgan fingerprint density at radius 3 is 2.71 bits per heavy atom. The first-order valence-corrected chi connectivity index (χ1v) is 5.95. The van der Waals surface area contributed by atoms with Gasteiger partial charge in [-0.25, -0.2) is 9.79 Å². The number of furan rings is 1. The van der Waals surface area contributed by atoms with E-state index in [1.54, 1.807) is 24.3 Å². The third-order valence-corrected chi connectivity index (χ3v) is 2.78. The number of hydrogen-bond donors (Lipinski definition) is 0. The summed E-state index contributed by atoms with van der Waals surface area (Å²) in [5.41, 5.74) is 0.147. The summed E-state index contributed by atoms with van der Waals surface area (Å²) in [4.78, 5) is 26.2. The molecule has 0 atom stereocenters. The zero-order valence-electron chi connectivity index (χ0n) is 10.6. The molecule has 3 rings (SSSR count). The molecule has 0 aliphatic carbocycles. The normalized spacial score (nSPS) is 15.9. The molecule has 0 N–H and O–H groups in total. The van der Waals surface area contributed by atoms with Gasteiger partial charge in [-0.2, -0.15) is 0 Å². The van der Waals surface area contributed by atoms with Gasteiger partial charge in [0.2, 0.25) is 0 Å². The molecule has 0 saturated heterocycles. The number of aliphatic imine (C=N–C) groups is 1. The summed E-state index contributed by atoms with van der Waals surface area (Å²) in [5, 5.41) is 10.9. The Balaban J connectivity index is 2.01. The van der Waals surface area contributed by atoms with Gasteiger partial charge in [-0.05, 0) is 24.3 Å². The van der Waals surface area contributed by atoms with E-state index in [1.807, 2.05) is 0 Å². The van der Waals surface area contributed by atoms with Crippen molar-refractivity contribution in [3.05, 3.63) is 69.8 Å². The van der Waals surface area contributed by atoms with E-state index in [2.05, 4.69) is 4.99 Å². The lowest BCUT2D eigenvalue weighted by Gasteiger charge is -1.96. The molecule has 1 aromatic heterocycles. The van der Waals surface area contributed by atoms with Crippen LogP contribution in [0.15, 0.2) is 57.8 Å². The van der Waals surface area contributed by atoms with Gasteiger partial charge < -0.3 is 9.15 Å². The number of para-hydroxylation sites is 1. The quantitative estimate of drug-likeness (QED) is 0.373. The second kappa shape index (κ2) is 5.04. The average molecular weight is 284 g/mol. The number of cyclic esters (lactones) is 1. The van der Waals surface area contributed by atoms with E-state index in [-0.39, 0.29) is 22.8 Å².